The summed E-state index contributed by atoms with van der Waals surface area (Å²) in [6.07, 6.45) is 15.8. The van der Waals surface area contributed by atoms with E-state index in [-0.39, 0.29) is 5.91 Å². The highest BCUT2D eigenvalue weighted by Gasteiger charge is 2.13. The molecule has 0 fully saturated rings. The number of aryl methyl sites for hydroxylation is 1. The summed E-state index contributed by atoms with van der Waals surface area (Å²) < 4.78 is 8.24. The zero-order valence-corrected chi connectivity index (χ0v) is 23.7. The van der Waals surface area contributed by atoms with Crippen LogP contribution in [0.3, 0.4) is 0 Å². The van der Waals surface area contributed by atoms with E-state index in [4.69, 9.17) is 4.74 Å². The highest BCUT2D eigenvalue weighted by atomic mass is 32.1. The van der Waals surface area contributed by atoms with Crippen LogP contribution in [0.25, 0.3) is 0 Å². The quantitative estimate of drug-likeness (QED) is 0.134. The summed E-state index contributed by atoms with van der Waals surface area (Å²) in [7, 11) is 0. The van der Waals surface area contributed by atoms with E-state index in [1.54, 1.807) is 11.3 Å². The Morgan fingerprint density at radius 2 is 1.46 bits per heavy atom. The number of thiazole rings is 1. The Hall–Kier alpha value is -2.66. The first-order valence-corrected chi connectivity index (χ1v) is 15.2. The normalized spacial score (nSPS) is 11.0. The molecule has 4 nitrogen and oxygen atoms in total. The average Bonchev–Trinajstić information content (AvgIpc) is 3.32. The van der Waals surface area contributed by atoms with Crippen molar-refractivity contribution in [1.82, 2.24) is 0 Å². The van der Waals surface area contributed by atoms with Crippen LogP contribution < -0.4 is 14.6 Å². The van der Waals surface area contributed by atoms with Gasteiger partial charge < -0.3 is 10.1 Å². The van der Waals surface area contributed by atoms with Gasteiger partial charge >= 0.3 is 0 Å². The van der Waals surface area contributed by atoms with Crippen LogP contribution in [-0.2, 0) is 6.54 Å². The van der Waals surface area contributed by atoms with E-state index in [0.29, 0.717) is 17.9 Å². The molecule has 1 N–H and O–H groups in total. The minimum Gasteiger partial charge on any atom is -0.493 e. The molecule has 1 aromatic heterocycles. The van der Waals surface area contributed by atoms with E-state index in [1.807, 2.05) is 36.4 Å². The molecular formula is C32H45N2O2S+. The number of rotatable bonds is 18. The van der Waals surface area contributed by atoms with Gasteiger partial charge in [-0.3, -0.25) is 4.79 Å². The van der Waals surface area contributed by atoms with Gasteiger partial charge in [0, 0.05) is 18.2 Å². The maximum absolute atomic E-state index is 13.0. The molecule has 0 saturated heterocycles. The molecule has 0 aliphatic carbocycles. The SMILES string of the molecule is CCCCCCCCCCCCCCOc1ccccc1C(=O)Nc1ccc(C[n+]2cscc2C)cc1. The minimum atomic E-state index is -0.138. The van der Waals surface area contributed by atoms with Crippen LogP contribution in [0.2, 0.25) is 0 Å². The summed E-state index contributed by atoms with van der Waals surface area (Å²) in [6, 6.07) is 15.6. The van der Waals surface area contributed by atoms with Crippen molar-refractivity contribution in [3.63, 3.8) is 0 Å². The Labute approximate surface area is 228 Å². The van der Waals surface area contributed by atoms with Gasteiger partial charge in [-0.2, -0.15) is 4.57 Å². The van der Waals surface area contributed by atoms with E-state index < -0.39 is 0 Å². The maximum Gasteiger partial charge on any atom is 0.259 e. The van der Waals surface area contributed by atoms with E-state index in [1.165, 1.54) is 81.9 Å². The summed E-state index contributed by atoms with van der Waals surface area (Å²) in [5, 5.41) is 5.17. The predicted octanol–water partition coefficient (Wildman–Crippen LogP) is 8.72. The molecule has 5 heteroatoms. The fourth-order valence-electron chi connectivity index (χ4n) is 4.51. The van der Waals surface area contributed by atoms with Crippen molar-refractivity contribution in [3.8, 4) is 5.75 Å². The number of anilines is 1. The zero-order chi connectivity index (χ0) is 26.1. The first kappa shape index (κ1) is 28.9. The Morgan fingerprint density at radius 1 is 0.838 bits per heavy atom. The second-order valence-electron chi connectivity index (χ2n) is 10.0. The van der Waals surface area contributed by atoms with Gasteiger partial charge in [-0.15, -0.1) is 0 Å². The molecular weight excluding hydrogens is 476 g/mol. The van der Waals surface area contributed by atoms with Crippen molar-refractivity contribution >= 4 is 22.9 Å². The molecule has 0 spiro atoms. The summed E-state index contributed by atoms with van der Waals surface area (Å²) in [4.78, 5) is 13.0. The Kier molecular flexibility index (Phi) is 13.3. The number of para-hydroxylation sites is 1. The van der Waals surface area contributed by atoms with Gasteiger partial charge in [0.05, 0.1) is 17.6 Å². The maximum atomic E-state index is 13.0. The number of unbranched alkanes of at least 4 members (excludes halogenated alkanes) is 11. The van der Waals surface area contributed by atoms with Gasteiger partial charge in [-0.25, -0.2) is 0 Å². The van der Waals surface area contributed by atoms with Gasteiger partial charge in [-0.1, -0.05) is 113 Å². The van der Waals surface area contributed by atoms with Gasteiger partial charge in [0.25, 0.3) is 5.91 Å². The third-order valence-electron chi connectivity index (χ3n) is 6.83. The van der Waals surface area contributed by atoms with Crippen LogP contribution in [0, 0.1) is 6.92 Å². The first-order valence-electron chi connectivity index (χ1n) is 14.2. The monoisotopic (exact) mass is 521 g/mol. The smallest absolute Gasteiger partial charge is 0.259 e. The van der Waals surface area contributed by atoms with Gasteiger partial charge in [-0.05, 0) is 30.7 Å². The molecule has 0 aliphatic rings. The summed E-state index contributed by atoms with van der Waals surface area (Å²) in [5.41, 5.74) is 5.95. The number of amides is 1. The van der Waals surface area contributed by atoms with Crippen LogP contribution in [0.5, 0.6) is 5.75 Å². The molecule has 0 aliphatic heterocycles. The lowest BCUT2D eigenvalue weighted by Crippen LogP contribution is -2.34. The largest absolute Gasteiger partial charge is 0.493 e. The minimum absolute atomic E-state index is 0.138. The molecule has 37 heavy (non-hydrogen) atoms. The number of hydrogen-bond acceptors (Lipinski definition) is 3. The third-order valence-corrected chi connectivity index (χ3v) is 7.68. The highest BCUT2D eigenvalue weighted by molar-refractivity contribution is 7.07. The van der Waals surface area contributed by atoms with Crippen molar-refractivity contribution < 1.29 is 14.1 Å². The van der Waals surface area contributed by atoms with Crippen molar-refractivity contribution in [1.29, 1.82) is 0 Å². The fourth-order valence-corrected chi connectivity index (χ4v) is 5.29. The average molecular weight is 522 g/mol. The lowest BCUT2D eigenvalue weighted by molar-refractivity contribution is -0.689. The molecule has 0 saturated carbocycles. The third kappa shape index (κ3) is 10.7. The number of benzene rings is 2. The van der Waals surface area contributed by atoms with Crippen molar-refractivity contribution in [2.75, 3.05) is 11.9 Å². The number of nitrogens with one attached hydrogen (secondary N) is 1. The topological polar surface area (TPSA) is 42.2 Å². The standard InChI is InChI=1S/C32H44N2O2S/c1-3-4-5-6-7-8-9-10-11-12-13-16-23-36-31-18-15-14-17-30(31)32(35)33-29-21-19-28(20-22-29)24-34-26-37-25-27(34)2/h14-15,17-22,25-26H,3-13,16,23-24H2,1-2H3/p+1. The molecule has 0 atom stereocenters. The lowest BCUT2D eigenvalue weighted by Gasteiger charge is -2.12. The van der Waals surface area contributed by atoms with E-state index in [9.17, 15) is 4.79 Å². The summed E-state index contributed by atoms with van der Waals surface area (Å²) in [5.74, 6) is 0.519. The molecule has 0 bridgehead atoms. The van der Waals surface area contributed by atoms with Crippen LogP contribution in [-0.4, -0.2) is 12.5 Å². The number of hydrogen-bond donors (Lipinski definition) is 1. The van der Waals surface area contributed by atoms with Crippen LogP contribution in [0.1, 0.15) is 106 Å². The van der Waals surface area contributed by atoms with Crippen molar-refractivity contribution in [3.05, 3.63) is 76.2 Å². The molecule has 0 unspecified atom stereocenters. The van der Waals surface area contributed by atoms with Gasteiger partial charge in [0.2, 0.25) is 5.51 Å². The van der Waals surface area contributed by atoms with Gasteiger partial charge in [0.15, 0.2) is 12.2 Å². The van der Waals surface area contributed by atoms with Crippen LogP contribution >= 0.6 is 11.3 Å². The van der Waals surface area contributed by atoms with E-state index in [2.05, 4.69) is 46.8 Å². The van der Waals surface area contributed by atoms with Crippen LogP contribution in [0.15, 0.2) is 59.4 Å². The zero-order valence-electron chi connectivity index (χ0n) is 22.8. The second-order valence-corrected chi connectivity index (χ2v) is 10.7. The summed E-state index contributed by atoms with van der Waals surface area (Å²) in [6.45, 7) is 5.87. The molecule has 3 rings (SSSR count). The summed E-state index contributed by atoms with van der Waals surface area (Å²) >= 11 is 1.70. The second kappa shape index (κ2) is 17.0. The number of carbonyl (C=O) groups is 1. The van der Waals surface area contributed by atoms with Crippen molar-refractivity contribution in [2.24, 2.45) is 0 Å². The number of ether oxygens (including phenoxy) is 1. The first-order chi connectivity index (χ1) is 18.2. The van der Waals surface area contributed by atoms with E-state index in [0.717, 1.165) is 18.7 Å². The molecule has 1 amide bonds. The number of aromatic nitrogens is 1. The Morgan fingerprint density at radius 3 is 2.08 bits per heavy atom. The van der Waals surface area contributed by atoms with E-state index >= 15 is 0 Å². The van der Waals surface area contributed by atoms with Gasteiger partial charge in [0.1, 0.15) is 5.75 Å². The Balaban J connectivity index is 1.34. The van der Waals surface area contributed by atoms with Crippen LogP contribution in [0.4, 0.5) is 5.69 Å². The Bertz CT molecular complexity index is 1040. The van der Waals surface area contributed by atoms with Crippen molar-refractivity contribution in [2.45, 2.75) is 97.4 Å². The molecule has 0 radical (unpaired) electrons. The molecule has 200 valence electrons. The number of nitrogens with zero attached hydrogens (tertiary/aromatic N) is 1. The lowest BCUT2D eigenvalue weighted by atomic mass is 10.1. The highest BCUT2D eigenvalue weighted by Crippen LogP contribution is 2.21. The number of carbonyl (C=O) groups excluding carboxylic acids is 1. The molecule has 3 aromatic rings. The fraction of sp³-hybridized carbons (Fsp3) is 0.500. The predicted molar refractivity (Wildman–Crippen MR) is 156 cm³/mol. The molecule has 1 heterocycles. The molecule has 2 aromatic carbocycles.